The predicted molar refractivity (Wildman–Crippen MR) is 47.9 cm³/mol. The molecule has 0 spiro atoms. The van der Waals surface area contributed by atoms with Crippen molar-refractivity contribution in [2.45, 2.75) is 19.2 Å². The van der Waals surface area contributed by atoms with E-state index in [-0.39, 0.29) is 5.56 Å². The molecule has 0 aromatic heterocycles. The lowest BCUT2D eigenvalue weighted by atomic mass is 9.67. The monoisotopic (exact) mass is 186 g/mol. The van der Waals surface area contributed by atoms with E-state index in [0.29, 0.717) is 6.07 Å². The minimum absolute atomic E-state index is 0.186. The molecular weight excluding hydrogens is 176 g/mol. The van der Waals surface area contributed by atoms with Crippen LogP contribution in [0.2, 0.25) is 0 Å². The molecule has 0 aliphatic carbocycles. The molecule has 4 heteroatoms. The molecular formula is C9H10BF3. The lowest BCUT2D eigenvalue weighted by Gasteiger charge is -2.19. The number of rotatable bonds is 1. The fourth-order valence-electron chi connectivity index (χ4n) is 1.10. The lowest BCUT2D eigenvalue weighted by Crippen LogP contribution is -2.19. The molecule has 0 radical (unpaired) electrons. The highest BCUT2D eigenvalue weighted by Gasteiger charge is 2.20. The van der Waals surface area contributed by atoms with Crippen LogP contribution in [0.5, 0.6) is 0 Å². The maximum atomic E-state index is 13.1. The summed E-state index contributed by atoms with van der Waals surface area (Å²) in [4.78, 5) is 0. The summed E-state index contributed by atoms with van der Waals surface area (Å²) in [6, 6.07) is 1.49. The van der Waals surface area contributed by atoms with Crippen molar-refractivity contribution in [2.24, 2.45) is 0 Å². The van der Waals surface area contributed by atoms with Crippen molar-refractivity contribution in [1.82, 2.24) is 0 Å². The highest BCUT2D eigenvalue weighted by molar-refractivity contribution is 6.15. The molecule has 0 aliphatic heterocycles. The molecule has 0 heterocycles. The Morgan fingerprint density at radius 3 is 1.92 bits per heavy atom. The SMILES string of the molecule is BC(C)(C)c1cc(F)c(F)cc1F. The lowest BCUT2D eigenvalue weighted by molar-refractivity contribution is 0.484. The summed E-state index contributed by atoms with van der Waals surface area (Å²) >= 11 is 0. The van der Waals surface area contributed by atoms with Crippen molar-refractivity contribution in [3.63, 3.8) is 0 Å². The topological polar surface area (TPSA) is 0 Å². The summed E-state index contributed by atoms with van der Waals surface area (Å²) in [5, 5.41) is -0.515. The summed E-state index contributed by atoms with van der Waals surface area (Å²) < 4.78 is 38.4. The van der Waals surface area contributed by atoms with Gasteiger partial charge in [0.05, 0.1) is 0 Å². The average molecular weight is 186 g/mol. The number of benzene rings is 1. The molecule has 0 amide bonds. The van der Waals surface area contributed by atoms with Crippen LogP contribution >= 0.6 is 0 Å². The van der Waals surface area contributed by atoms with E-state index in [1.165, 1.54) is 0 Å². The number of halogens is 3. The first-order valence-corrected chi connectivity index (χ1v) is 3.97. The smallest absolute Gasteiger partial charge is 0.161 e. The van der Waals surface area contributed by atoms with Gasteiger partial charge in [0.2, 0.25) is 0 Å². The van der Waals surface area contributed by atoms with Crippen molar-refractivity contribution in [1.29, 1.82) is 0 Å². The van der Waals surface area contributed by atoms with Crippen molar-refractivity contribution >= 4 is 7.85 Å². The molecule has 0 saturated heterocycles. The molecule has 1 rings (SSSR count). The summed E-state index contributed by atoms with van der Waals surface area (Å²) in [7, 11) is 1.74. The predicted octanol–water partition coefficient (Wildman–Crippen LogP) is 1.97. The van der Waals surface area contributed by atoms with E-state index in [2.05, 4.69) is 0 Å². The molecule has 13 heavy (non-hydrogen) atoms. The van der Waals surface area contributed by atoms with Gasteiger partial charge in [0, 0.05) is 6.07 Å². The van der Waals surface area contributed by atoms with Crippen LogP contribution in [-0.2, 0) is 5.31 Å². The Labute approximate surface area is 76.2 Å². The highest BCUT2D eigenvalue weighted by Crippen LogP contribution is 2.24. The van der Waals surface area contributed by atoms with Gasteiger partial charge in [-0.25, -0.2) is 13.2 Å². The van der Waals surface area contributed by atoms with Crippen LogP contribution in [0.4, 0.5) is 13.2 Å². The van der Waals surface area contributed by atoms with Crippen LogP contribution in [0.25, 0.3) is 0 Å². The van der Waals surface area contributed by atoms with Gasteiger partial charge in [-0.2, -0.15) is 0 Å². The van der Waals surface area contributed by atoms with Gasteiger partial charge in [-0.3, -0.25) is 0 Å². The zero-order chi connectivity index (χ0) is 10.2. The Morgan fingerprint density at radius 1 is 1.00 bits per heavy atom. The van der Waals surface area contributed by atoms with E-state index in [9.17, 15) is 13.2 Å². The van der Waals surface area contributed by atoms with Gasteiger partial charge < -0.3 is 0 Å². The minimum atomic E-state index is -1.15. The zero-order valence-electron chi connectivity index (χ0n) is 7.79. The third kappa shape index (κ3) is 2.05. The zero-order valence-corrected chi connectivity index (χ0v) is 7.79. The molecule has 0 N–H and O–H groups in total. The quantitative estimate of drug-likeness (QED) is 0.464. The molecule has 0 nitrogen and oxygen atoms in total. The van der Waals surface area contributed by atoms with E-state index in [1.54, 1.807) is 21.7 Å². The van der Waals surface area contributed by atoms with E-state index in [4.69, 9.17) is 0 Å². The standard InChI is InChI=1S/C9H10BF3/c1-9(2,10)5-3-7(12)8(13)4-6(5)11/h3-4H,10H2,1-2H3. The Kier molecular flexibility index (Phi) is 2.41. The minimum Gasteiger partial charge on any atom is -0.207 e. The first kappa shape index (κ1) is 10.2. The second-order valence-electron chi connectivity index (χ2n) is 4.00. The fraction of sp³-hybridized carbons (Fsp3) is 0.333. The van der Waals surface area contributed by atoms with Crippen molar-refractivity contribution in [3.8, 4) is 0 Å². The second-order valence-corrected chi connectivity index (χ2v) is 4.00. The molecule has 70 valence electrons. The van der Waals surface area contributed by atoms with Gasteiger partial charge >= 0.3 is 0 Å². The molecule has 1 aromatic carbocycles. The van der Waals surface area contributed by atoms with Crippen LogP contribution in [0.15, 0.2) is 12.1 Å². The Balaban J connectivity index is 3.32. The van der Waals surface area contributed by atoms with Gasteiger partial charge in [0.1, 0.15) is 13.7 Å². The molecule has 0 atom stereocenters. The Morgan fingerprint density at radius 2 is 1.46 bits per heavy atom. The number of hydrogen-bond donors (Lipinski definition) is 0. The first-order valence-electron chi connectivity index (χ1n) is 3.97. The summed E-state index contributed by atoms with van der Waals surface area (Å²) in [6.45, 7) is 3.48. The average Bonchev–Trinajstić information content (AvgIpc) is 1.94. The maximum absolute atomic E-state index is 13.1. The third-order valence-corrected chi connectivity index (χ3v) is 1.82. The molecule has 0 fully saturated rings. The van der Waals surface area contributed by atoms with E-state index < -0.39 is 22.8 Å². The molecule has 0 unspecified atom stereocenters. The van der Waals surface area contributed by atoms with Crippen LogP contribution in [0.3, 0.4) is 0 Å². The Hall–Kier alpha value is -0.925. The van der Waals surface area contributed by atoms with E-state index in [1.807, 2.05) is 0 Å². The van der Waals surface area contributed by atoms with Gasteiger partial charge in [-0.15, -0.1) is 0 Å². The summed E-state index contributed by atoms with van der Waals surface area (Å²) in [5.74, 6) is -2.86. The maximum Gasteiger partial charge on any atom is 0.161 e. The first-order chi connectivity index (χ1) is 5.82. The van der Waals surface area contributed by atoms with Crippen LogP contribution in [0, 0.1) is 17.5 Å². The van der Waals surface area contributed by atoms with Gasteiger partial charge in [-0.1, -0.05) is 13.8 Å². The summed E-state index contributed by atoms with van der Waals surface area (Å²) in [6.07, 6.45) is 0. The van der Waals surface area contributed by atoms with E-state index >= 15 is 0 Å². The Bertz CT molecular complexity index is 328. The second kappa shape index (κ2) is 3.09. The third-order valence-electron chi connectivity index (χ3n) is 1.82. The molecule has 0 bridgehead atoms. The largest absolute Gasteiger partial charge is 0.207 e. The molecule has 0 saturated carbocycles. The summed E-state index contributed by atoms with van der Waals surface area (Å²) in [5.41, 5.74) is 0.186. The van der Waals surface area contributed by atoms with Crippen LogP contribution in [-0.4, -0.2) is 7.85 Å². The van der Waals surface area contributed by atoms with Gasteiger partial charge in [0.25, 0.3) is 0 Å². The number of hydrogen-bond acceptors (Lipinski definition) is 0. The van der Waals surface area contributed by atoms with Gasteiger partial charge in [0.15, 0.2) is 11.6 Å². The van der Waals surface area contributed by atoms with Gasteiger partial charge in [-0.05, 0) is 16.9 Å². The van der Waals surface area contributed by atoms with Crippen molar-refractivity contribution < 1.29 is 13.2 Å². The fourth-order valence-corrected chi connectivity index (χ4v) is 1.10. The molecule has 0 aliphatic rings. The highest BCUT2D eigenvalue weighted by atomic mass is 19.2. The van der Waals surface area contributed by atoms with Crippen LogP contribution in [0.1, 0.15) is 19.4 Å². The van der Waals surface area contributed by atoms with Crippen LogP contribution < -0.4 is 0 Å². The normalized spacial score (nSPS) is 11.8. The van der Waals surface area contributed by atoms with Crippen molar-refractivity contribution in [2.75, 3.05) is 0 Å². The van der Waals surface area contributed by atoms with E-state index in [0.717, 1.165) is 6.07 Å². The van der Waals surface area contributed by atoms with Crippen molar-refractivity contribution in [3.05, 3.63) is 35.1 Å². The molecule has 1 aromatic rings.